The molecule has 0 bridgehead atoms. The van der Waals surface area contributed by atoms with Crippen LogP contribution in [0.4, 0.5) is 10.5 Å². The van der Waals surface area contributed by atoms with Gasteiger partial charge in [0.05, 0.1) is 0 Å². The largest absolute Gasteiger partial charge is 0.451 e. The molecule has 1 heterocycles. The van der Waals surface area contributed by atoms with Gasteiger partial charge >= 0.3 is 12.0 Å². The highest BCUT2D eigenvalue weighted by atomic mass is 16.5. The summed E-state index contributed by atoms with van der Waals surface area (Å²) in [4.78, 5) is 51.7. The number of benzene rings is 2. The lowest BCUT2D eigenvalue weighted by Crippen LogP contribution is -2.54. The number of nitrogens with one attached hydrogen (secondary N) is 2. The summed E-state index contributed by atoms with van der Waals surface area (Å²) in [6.07, 6.45) is 0.925. The molecule has 180 valence electrons. The number of rotatable bonds is 5. The van der Waals surface area contributed by atoms with Gasteiger partial charge in [-0.1, -0.05) is 51.1 Å². The van der Waals surface area contributed by atoms with Crippen LogP contribution in [0.2, 0.25) is 0 Å². The van der Waals surface area contributed by atoms with Crippen LogP contribution in [-0.4, -0.2) is 46.9 Å². The fourth-order valence-electron chi connectivity index (χ4n) is 5.58. The number of anilines is 1. The molecule has 1 saturated carbocycles. The highest BCUT2D eigenvalue weighted by Gasteiger charge is 2.56. The van der Waals surface area contributed by atoms with Crippen molar-refractivity contribution in [2.75, 3.05) is 11.9 Å². The van der Waals surface area contributed by atoms with E-state index < -0.39 is 42.0 Å². The summed E-state index contributed by atoms with van der Waals surface area (Å²) in [5.41, 5.74) is -0.513. The first kappa shape index (κ1) is 23.7. The summed E-state index contributed by atoms with van der Waals surface area (Å²) in [7, 11) is 0. The number of urea groups is 1. The van der Waals surface area contributed by atoms with Crippen molar-refractivity contribution < 1.29 is 23.9 Å². The Morgan fingerprint density at radius 2 is 1.85 bits per heavy atom. The highest BCUT2D eigenvalue weighted by molar-refractivity contribution is 6.09. The number of fused-ring (bicyclic) bond motifs is 1. The maximum absolute atomic E-state index is 13.2. The van der Waals surface area contributed by atoms with Crippen molar-refractivity contribution in [2.45, 2.75) is 58.6 Å². The highest BCUT2D eigenvalue weighted by Crippen LogP contribution is 2.46. The zero-order valence-corrected chi connectivity index (χ0v) is 20.0. The smallest absolute Gasteiger partial charge is 0.327 e. The predicted molar refractivity (Wildman–Crippen MR) is 128 cm³/mol. The first-order chi connectivity index (χ1) is 16.0. The topological polar surface area (TPSA) is 105 Å². The molecule has 1 saturated heterocycles. The predicted octanol–water partition coefficient (Wildman–Crippen LogP) is 3.85. The van der Waals surface area contributed by atoms with E-state index >= 15 is 0 Å². The molecule has 1 aliphatic heterocycles. The van der Waals surface area contributed by atoms with Crippen LogP contribution < -0.4 is 10.6 Å². The third kappa shape index (κ3) is 4.76. The third-order valence-electron chi connectivity index (χ3n) is 6.61. The Labute approximate surface area is 199 Å². The van der Waals surface area contributed by atoms with E-state index in [2.05, 4.69) is 31.4 Å². The normalized spacial score (nSPS) is 24.7. The Hall–Kier alpha value is -3.42. The average molecular weight is 466 g/mol. The second-order valence-electron chi connectivity index (χ2n) is 10.4. The monoisotopic (exact) mass is 465 g/mol. The fourth-order valence-corrected chi connectivity index (χ4v) is 5.58. The molecule has 2 aromatic carbocycles. The molecule has 1 aliphatic carbocycles. The van der Waals surface area contributed by atoms with E-state index in [0.29, 0.717) is 18.5 Å². The number of nitrogens with zero attached hydrogens (tertiary/aromatic N) is 1. The van der Waals surface area contributed by atoms with Gasteiger partial charge in [0.2, 0.25) is 0 Å². The Balaban J connectivity index is 1.36. The number of carbonyl (C=O) groups is 4. The van der Waals surface area contributed by atoms with Crippen molar-refractivity contribution in [1.82, 2.24) is 10.2 Å². The molecule has 4 amide bonds. The van der Waals surface area contributed by atoms with Crippen LogP contribution in [0.25, 0.3) is 10.8 Å². The quantitative estimate of drug-likeness (QED) is 0.516. The van der Waals surface area contributed by atoms with Crippen LogP contribution in [-0.2, 0) is 19.1 Å². The Morgan fingerprint density at radius 3 is 2.56 bits per heavy atom. The van der Waals surface area contributed by atoms with Gasteiger partial charge < -0.3 is 15.4 Å². The summed E-state index contributed by atoms with van der Waals surface area (Å²) in [5, 5.41) is 7.58. The standard InChI is InChI=1S/C26H31N3O5/c1-16-12-25(3,4)15-26(13-16)23(32)29(24(33)28-26)14-21(30)34-17(2)22(31)27-20-10-9-18-7-5-6-8-19(18)11-20/h5-11,16-17H,12-15H2,1-4H3,(H,27,31)(H,28,33). The van der Waals surface area contributed by atoms with Crippen LogP contribution >= 0.6 is 0 Å². The molecule has 8 heteroatoms. The average Bonchev–Trinajstić information content (AvgIpc) is 2.95. The molecule has 0 radical (unpaired) electrons. The first-order valence-corrected chi connectivity index (χ1v) is 11.6. The lowest BCUT2D eigenvalue weighted by molar-refractivity contribution is -0.155. The van der Waals surface area contributed by atoms with Gasteiger partial charge in [-0.25, -0.2) is 4.79 Å². The fraction of sp³-hybridized carbons (Fsp3) is 0.462. The zero-order valence-electron chi connectivity index (χ0n) is 20.0. The van der Waals surface area contributed by atoms with Crippen LogP contribution in [0.3, 0.4) is 0 Å². The number of hydrogen-bond donors (Lipinski definition) is 2. The van der Waals surface area contributed by atoms with Crippen molar-refractivity contribution in [3.63, 3.8) is 0 Å². The second kappa shape index (κ2) is 8.74. The molecule has 8 nitrogen and oxygen atoms in total. The minimum atomic E-state index is -1.10. The molecule has 4 rings (SSSR count). The van der Waals surface area contributed by atoms with Crippen molar-refractivity contribution in [3.8, 4) is 0 Å². The van der Waals surface area contributed by atoms with Crippen molar-refractivity contribution >= 4 is 40.3 Å². The van der Waals surface area contributed by atoms with Gasteiger partial charge in [0.1, 0.15) is 12.1 Å². The molecular weight excluding hydrogens is 434 g/mol. The summed E-state index contributed by atoms with van der Waals surface area (Å²) >= 11 is 0. The van der Waals surface area contributed by atoms with Gasteiger partial charge in [0.15, 0.2) is 6.10 Å². The number of esters is 1. The lowest BCUT2D eigenvalue weighted by atomic mass is 9.64. The number of ether oxygens (including phenoxy) is 1. The Morgan fingerprint density at radius 1 is 1.15 bits per heavy atom. The van der Waals surface area contributed by atoms with Gasteiger partial charge in [-0.15, -0.1) is 0 Å². The van der Waals surface area contributed by atoms with Crippen LogP contribution in [0.1, 0.15) is 47.0 Å². The number of hydrogen-bond acceptors (Lipinski definition) is 5. The molecule has 34 heavy (non-hydrogen) atoms. The van der Waals surface area contributed by atoms with Crippen molar-refractivity contribution in [2.24, 2.45) is 11.3 Å². The van der Waals surface area contributed by atoms with E-state index in [4.69, 9.17) is 4.74 Å². The van der Waals surface area contributed by atoms with Gasteiger partial charge in [-0.05, 0) is 60.4 Å². The first-order valence-electron chi connectivity index (χ1n) is 11.6. The van der Waals surface area contributed by atoms with Crippen LogP contribution in [0, 0.1) is 11.3 Å². The Bertz CT molecular complexity index is 1160. The number of imide groups is 1. The molecule has 2 fully saturated rings. The molecule has 1 spiro atoms. The van der Waals surface area contributed by atoms with E-state index in [0.717, 1.165) is 22.1 Å². The van der Waals surface area contributed by atoms with E-state index in [9.17, 15) is 19.2 Å². The third-order valence-corrected chi connectivity index (χ3v) is 6.61. The molecule has 2 aromatic rings. The van der Waals surface area contributed by atoms with Gasteiger partial charge in [0, 0.05) is 5.69 Å². The summed E-state index contributed by atoms with van der Waals surface area (Å²) < 4.78 is 5.24. The van der Waals surface area contributed by atoms with E-state index in [1.54, 1.807) is 6.07 Å². The van der Waals surface area contributed by atoms with Crippen molar-refractivity contribution in [1.29, 1.82) is 0 Å². The van der Waals surface area contributed by atoms with Gasteiger partial charge in [0.25, 0.3) is 11.8 Å². The van der Waals surface area contributed by atoms with Gasteiger partial charge in [-0.2, -0.15) is 0 Å². The van der Waals surface area contributed by atoms with E-state index in [1.807, 2.05) is 36.4 Å². The SMILES string of the molecule is CC1CC(C)(C)CC2(C1)NC(=O)N(CC(=O)OC(C)C(=O)Nc1ccc3ccccc3c1)C2=O. The lowest BCUT2D eigenvalue weighted by Gasteiger charge is -2.43. The van der Waals surface area contributed by atoms with E-state index in [-0.39, 0.29) is 11.3 Å². The van der Waals surface area contributed by atoms with Crippen LogP contribution in [0.5, 0.6) is 0 Å². The molecular formula is C26H31N3O5. The minimum absolute atomic E-state index is 0.105. The summed E-state index contributed by atoms with van der Waals surface area (Å²) in [6.45, 7) is 7.14. The molecule has 2 aliphatic rings. The maximum Gasteiger partial charge on any atom is 0.327 e. The molecule has 2 N–H and O–H groups in total. The maximum atomic E-state index is 13.2. The van der Waals surface area contributed by atoms with Crippen molar-refractivity contribution in [3.05, 3.63) is 42.5 Å². The molecule has 3 unspecified atom stereocenters. The second-order valence-corrected chi connectivity index (χ2v) is 10.4. The minimum Gasteiger partial charge on any atom is -0.451 e. The summed E-state index contributed by atoms with van der Waals surface area (Å²) in [5.74, 6) is -1.45. The van der Waals surface area contributed by atoms with Crippen LogP contribution in [0.15, 0.2) is 42.5 Å². The zero-order chi connectivity index (χ0) is 24.7. The van der Waals surface area contributed by atoms with E-state index in [1.165, 1.54) is 6.92 Å². The van der Waals surface area contributed by atoms with Gasteiger partial charge in [-0.3, -0.25) is 19.3 Å². The molecule has 0 aromatic heterocycles. The molecule has 3 atom stereocenters. The number of amides is 4. The summed E-state index contributed by atoms with van der Waals surface area (Å²) in [6, 6.07) is 12.7. The Kier molecular flexibility index (Phi) is 6.10. The number of carbonyl (C=O) groups excluding carboxylic acids is 4.